The van der Waals surface area contributed by atoms with Crippen LogP contribution in [0.3, 0.4) is 0 Å². The maximum atomic E-state index is 5.86. The highest BCUT2D eigenvalue weighted by Gasteiger charge is 2.28. The van der Waals surface area contributed by atoms with Crippen molar-refractivity contribution >= 4 is 11.6 Å². The van der Waals surface area contributed by atoms with Crippen LogP contribution < -0.4 is 11.3 Å². The fourth-order valence-electron chi connectivity index (χ4n) is 2.73. The molecule has 1 heterocycles. The van der Waals surface area contributed by atoms with E-state index in [4.69, 9.17) is 17.4 Å². The zero-order chi connectivity index (χ0) is 13.2. The number of nitrogens with zero attached hydrogens (tertiary/aromatic N) is 1. The Morgan fingerprint density at radius 3 is 2.84 bits per heavy atom. The molecule has 0 radical (unpaired) electrons. The number of hydrogen-bond acceptors (Lipinski definition) is 3. The lowest BCUT2D eigenvalue weighted by atomic mass is 9.74. The third-order valence-corrected chi connectivity index (χ3v) is 4.01. The van der Waals surface area contributed by atoms with Gasteiger partial charge in [-0.25, -0.2) is 0 Å². The van der Waals surface area contributed by atoms with Crippen LogP contribution in [0.4, 0.5) is 0 Å². The standard InChI is InChI=1S/C15H16ClN3/c16-12-5-6-14(18-9-12)15(19-17)8-11-7-10-3-1-2-4-13(10)11/h1-6,9,11,15,19H,7-8,17H2. The first kappa shape index (κ1) is 12.6. The third kappa shape index (κ3) is 2.50. The molecule has 0 spiro atoms. The lowest BCUT2D eigenvalue weighted by molar-refractivity contribution is 0.428. The average molecular weight is 274 g/mol. The monoisotopic (exact) mass is 273 g/mol. The molecule has 1 aromatic heterocycles. The van der Waals surface area contributed by atoms with Crippen LogP contribution in [0.25, 0.3) is 0 Å². The molecule has 0 saturated heterocycles. The van der Waals surface area contributed by atoms with Crippen LogP contribution >= 0.6 is 11.6 Å². The van der Waals surface area contributed by atoms with Crippen molar-refractivity contribution in [1.29, 1.82) is 0 Å². The molecule has 98 valence electrons. The lowest BCUT2D eigenvalue weighted by Crippen LogP contribution is -2.32. The number of benzene rings is 1. The van der Waals surface area contributed by atoms with Gasteiger partial charge in [0.1, 0.15) is 0 Å². The molecule has 1 aliphatic rings. The molecule has 0 saturated carbocycles. The fraction of sp³-hybridized carbons (Fsp3) is 0.267. The Morgan fingerprint density at radius 1 is 1.32 bits per heavy atom. The second-order valence-electron chi connectivity index (χ2n) is 4.96. The van der Waals surface area contributed by atoms with Gasteiger partial charge in [-0.05, 0) is 42.0 Å². The summed E-state index contributed by atoms with van der Waals surface area (Å²) in [4.78, 5) is 4.34. The Bertz CT molecular complexity index is 568. The van der Waals surface area contributed by atoms with Crippen LogP contribution in [0.15, 0.2) is 42.6 Å². The molecule has 19 heavy (non-hydrogen) atoms. The number of rotatable bonds is 4. The van der Waals surface area contributed by atoms with Crippen LogP contribution in [0.2, 0.25) is 5.02 Å². The number of nitrogens with two attached hydrogens (primary N) is 1. The summed E-state index contributed by atoms with van der Waals surface area (Å²) in [5, 5.41) is 0.647. The Labute approximate surface area is 117 Å². The molecular weight excluding hydrogens is 258 g/mol. The number of halogens is 1. The van der Waals surface area contributed by atoms with Crippen molar-refractivity contribution in [2.24, 2.45) is 5.84 Å². The summed E-state index contributed by atoms with van der Waals surface area (Å²) in [7, 11) is 0. The van der Waals surface area contributed by atoms with Gasteiger partial charge in [-0.1, -0.05) is 35.9 Å². The predicted octanol–water partition coefficient (Wildman–Crippen LogP) is 2.97. The van der Waals surface area contributed by atoms with E-state index in [0.29, 0.717) is 10.9 Å². The Morgan fingerprint density at radius 2 is 2.16 bits per heavy atom. The Balaban J connectivity index is 1.73. The molecule has 0 amide bonds. The summed E-state index contributed by atoms with van der Waals surface area (Å²) in [6, 6.07) is 12.4. The minimum atomic E-state index is 0.0654. The summed E-state index contributed by atoms with van der Waals surface area (Å²) in [6.45, 7) is 0. The number of pyridine rings is 1. The molecular formula is C15H16ClN3. The maximum Gasteiger partial charge on any atom is 0.0638 e. The van der Waals surface area contributed by atoms with Gasteiger partial charge in [0, 0.05) is 6.20 Å². The highest BCUT2D eigenvalue weighted by molar-refractivity contribution is 6.30. The van der Waals surface area contributed by atoms with E-state index in [-0.39, 0.29) is 6.04 Å². The molecule has 2 unspecified atom stereocenters. The van der Waals surface area contributed by atoms with Gasteiger partial charge in [-0.15, -0.1) is 0 Å². The third-order valence-electron chi connectivity index (χ3n) is 3.79. The molecule has 1 aromatic carbocycles. The smallest absolute Gasteiger partial charge is 0.0638 e. The van der Waals surface area contributed by atoms with Crippen molar-refractivity contribution in [3.8, 4) is 0 Å². The molecule has 3 rings (SSSR count). The summed E-state index contributed by atoms with van der Waals surface area (Å²) in [5.74, 6) is 6.23. The van der Waals surface area contributed by atoms with Gasteiger partial charge in [0.15, 0.2) is 0 Å². The minimum Gasteiger partial charge on any atom is -0.271 e. The first-order valence-corrected chi connectivity index (χ1v) is 6.81. The topological polar surface area (TPSA) is 50.9 Å². The minimum absolute atomic E-state index is 0.0654. The van der Waals surface area contributed by atoms with E-state index in [2.05, 4.69) is 34.7 Å². The summed E-state index contributed by atoms with van der Waals surface area (Å²) >= 11 is 5.86. The first-order valence-electron chi connectivity index (χ1n) is 6.43. The van der Waals surface area contributed by atoms with Crippen LogP contribution in [0, 0.1) is 0 Å². The molecule has 2 aromatic rings. The quantitative estimate of drug-likeness (QED) is 0.665. The van der Waals surface area contributed by atoms with Crippen molar-refractivity contribution in [2.75, 3.05) is 0 Å². The van der Waals surface area contributed by atoms with Crippen LogP contribution in [-0.2, 0) is 6.42 Å². The normalized spacial score (nSPS) is 18.5. The van der Waals surface area contributed by atoms with Gasteiger partial charge >= 0.3 is 0 Å². The molecule has 0 fully saturated rings. The van der Waals surface area contributed by atoms with Crippen molar-refractivity contribution in [3.05, 3.63) is 64.4 Å². The van der Waals surface area contributed by atoms with Crippen LogP contribution in [-0.4, -0.2) is 4.98 Å². The second kappa shape index (κ2) is 5.29. The molecule has 4 heteroatoms. The second-order valence-corrected chi connectivity index (χ2v) is 5.39. The van der Waals surface area contributed by atoms with Gasteiger partial charge < -0.3 is 0 Å². The number of aromatic nitrogens is 1. The number of hydrogen-bond donors (Lipinski definition) is 2. The molecule has 1 aliphatic carbocycles. The molecule has 0 aliphatic heterocycles. The fourth-order valence-corrected chi connectivity index (χ4v) is 2.84. The van der Waals surface area contributed by atoms with Crippen molar-refractivity contribution in [2.45, 2.75) is 24.8 Å². The average Bonchev–Trinajstić information content (AvgIpc) is 2.42. The molecule has 0 bridgehead atoms. The van der Waals surface area contributed by atoms with E-state index in [9.17, 15) is 0 Å². The van der Waals surface area contributed by atoms with E-state index in [1.807, 2.05) is 12.1 Å². The SMILES string of the molecule is NNC(CC1Cc2ccccc21)c1ccc(Cl)cn1. The molecule has 2 atom stereocenters. The number of fused-ring (bicyclic) bond motifs is 1. The van der Waals surface area contributed by atoms with Gasteiger partial charge in [0.05, 0.1) is 16.8 Å². The van der Waals surface area contributed by atoms with Gasteiger partial charge in [0.25, 0.3) is 0 Å². The molecule has 3 nitrogen and oxygen atoms in total. The van der Waals surface area contributed by atoms with E-state index < -0.39 is 0 Å². The Hall–Kier alpha value is -1.42. The number of hydrazine groups is 1. The van der Waals surface area contributed by atoms with E-state index in [1.165, 1.54) is 11.1 Å². The Kier molecular flexibility index (Phi) is 3.51. The zero-order valence-corrected chi connectivity index (χ0v) is 11.3. The number of nitrogens with one attached hydrogen (secondary N) is 1. The van der Waals surface area contributed by atoms with E-state index >= 15 is 0 Å². The summed E-state index contributed by atoms with van der Waals surface area (Å²) < 4.78 is 0. The maximum absolute atomic E-state index is 5.86. The highest BCUT2D eigenvalue weighted by Crippen LogP contribution is 2.40. The largest absolute Gasteiger partial charge is 0.271 e. The predicted molar refractivity (Wildman–Crippen MR) is 76.8 cm³/mol. The van der Waals surface area contributed by atoms with Gasteiger partial charge in [-0.3, -0.25) is 16.3 Å². The lowest BCUT2D eigenvalue weighted by Gasteiger charge is -2.32. The zero-order valence-electron chi connectivity index (χ0n) is 10.5. The van der Waals surface area contributed by atoms with E-state index in [1.54, 1.807) is 6.20 Å². The van der Waals surface area contributed by atoms with Crippen molar-refractivity contribution in [1.82, 2.24) is 10.4 Å². The molecule has 3 N–H and O–H groups in total. The van der Waals surface area contributed by atoms with E-state index in [0.717, 1.165) is 18.5 Å². The van der Waals surface area contributed by atoms with Crippen LogP contribution in [0.5, 0.6) is 0 Å². The highest BCUT2D eigenvalue weighted by atomic mass is 35.5. The summed E-state index contributed by atoms with van der Waals surface area (Å²) in [5.41, 5.74) is 6.70. The van der Waals surface area contributed by atoms with Gasteiger partial charge in [0.2, 0.25) is 0 Å². The van der Waals surface area contributed by atoms with Crippen molar-refractivity contribution in [3.63, 3.8) is 0 Å². The van der Waals surface area contributed by atoms with Crippen molar-refractivity contribution < 1.29 is 0 Å². The first-order chi connectivity index (χ1) is 9.28. The summed E-state index contributed by atoms with van der Waals surface area (Å²) in [6.07, 6.45) is 3.75. The van der Waals surface area contributed by atoms with Crippen LogP contribution in [0.1, 0.15) is 35.2 Å². The van der Waals surface area contributed by atoms with Gasteiger partial charge in [-0.2, -0.15) is 0 Å².